The molecule has 1 saturated heterocycles. The lowest BCUT2D eigenvalue weighted by Crippen LogP contribution is -2.47. The Hall–Kier alpha value is -2.32. The number of nitrogens with zero attached hydrogens (tertiary/aromatic N) is 4. The van der Waals surface area contributed by atoms with Gasteiger partial charge in [0.1, 0.15) is 6.04 Å². The summed E-state index contributed by atoms with van der Waals surface area (Å²) in [7, 11) is 0. The van der Waals surface area contributed by atoms with Crippen molar-refractivity contribution >= 4 is 27.5 Å². The zero-order chi connectivity index (χ0) is 16.7. The summed E-state index contributed by atoms with van der Waals surface area (Å²) in [5.74, 6) is 0.864. The highest BCUT2D eigenvalue weighted by molar-refractivity contribution is 7.16. The molecule has 0 spiro atoms. The van der Waals surface area contributed by atoms with Gasteiger partial charge in [0.2, 0.25) is 0 Å². The molecule has 3 aromatic rings. The molecule has 1 aliphatic rings. The van der Waals surface area contributed by atoms with Gasteiger partial charge in [0.15, 0.2) is 5.82 Å². The number of hydrogen-bond acceptors (Lipinski definition) is 7. The largest absolute Gasteiger partial charge is 0.374 e. The second kappa shape index (κ2) is 5.95. The van der Waals surface area contributed by atoms with Gasteiger partial charge in [-0.1, -0.05) is 5.16 Å². The summed E-state index contributed by atoms with van der Waals surface area (Å²) in [5, 5.41) is 3.84. The van der Waals surface area contributed by atoms with Crippen molar-refractivity contribution in [1.29, 1.82) is 0 Å². The summed E-state index contributed by atoms with van der Waals surface area (Å²) in [5.41, 5.74) is 3.21. The molecule has 1 aliphatic heterocycles. The van der Waals surface area contributed by atoms with Crippen LogP contribution < -0.4 is 0 Å². The Bertz CT molecular complexity index is 890. The number of aryl methyl sites for hydroxylation is 1. The maximum Gasteiger partial charge on any atom is 0.254 e. The van der Waals surface area contributed by atoms with Gasteiger partial charge in [-0.2, -0.15) is 4.98 Å². The predicted molar refractivity (Wildman–Crippen MR) is 87.8 cm³/mol. The Morgan fingerprint density at radius 1 is 1.42 bits per heavy atom. The fourth-order valence-corrected chi connectivity index (χ4v) is 3.63. The van der Waals surface area contributed by atoms with Crippen LogP contribution in [0.3, 0.4) is 0 Å². The summed E-state index contributed by atoms with van der Waals surface area (Å²) in [6, 6.07) is 5.19. The molecule has 3 heterocycles. The average molecular weight is 344 g/mol. The molecule has 24 heavy (non-hydrogen) atoms. The maximum atomic E-state index is 13.1. The van der Waals surface area contributed by atoms with Crippen molar-refractivity contribution in [3.8, 4) is 0 Å². The average Bonchev–Trinajstić information content (AvgIpc) is 3.21. The maximum absolute atomic E-state index is 13.1. The summed E-state index contributed by atoms with van der Waals surface area (Å²) >= 11 is 1.55. The highest BCUT2D eigenvalue weighted by Crippen LogP contribution is 2.30. The van der Waals surface area contributed by atoms with Crippen molar-refractivity contribution in [2.45, 2.75) is 26.0 Å². The molecule has 4 rings (SSSR count). The van der Waals surface area contributed by atoms with E-state index in [0.29, 0.717) is 30.4 Å². The van der Waals surface area contributed by atoms with Crippen molar-refractivity contribution < 1.29 is 14.1 Å². The molecule has 1 fully saturated rings. The van der Waals surface area contributed by atoms with Crippen LogP contribution in [-0.2, 0) is 4.74 Å². The fraction of sp³-hybridized carbons (Fsp3) is 0.375. The first-order valence-corrected chi connectivity index (χ1v) is 8.57. The summed E-state index contributed by atoms with van der Waals surface area (Å²) < 4.78 is 12.1. The Balaban J connectivity index is 1.69. The SMILES string of the molecule is Cc1noc([C@@H]2[C@@H](C)OCCN2C(=O)c2ccc3scnc3c2)n1. The van der Waals surface area contributed by atoms with E-state index in [1.807, 2.05) is 25.1 Å². The number of benzene rings is 1. The Morgan fingerprint density at radius 3 is 3.08 bits per heavy atom. The number of carbonyl (C=O) groups excluding carboxylic acids is 1. The van der Waals surface area contributed by atoms with Gasteiger partial charge in [-0.15, -0.1) is 11.3 Å². The molecule has 0 N–H and O–H groups in total. The van der Waals surface area contributed by atoms with Crippen LogP contribution in [0, 0.1) is 6.92 Å². The number of carbonyl (C=O) groups is 1. The molecular formula is C16H16N4O3S. The molecule has 2 atom stereocenters. The third-order valence-electron chi connectivity index (χ3n) is 4.13. The van der Waals surface area contributed by atoms with Crippen LogP contribution in [0.15, 0.2) is 28.2 Å². The van der Waals surface area contributed by atoms with Crippen LogP contribution in [0.2, 0.25) is 0 Å². The third-order valence-corrected chi connectivity index (χ3v) is 4.94. The van der Waals surface area contributed by atoms with E-state index >= 15 is 0 Å². The van der Waals surface area contributed by atoms with Gasteiger partial charge in [-0.3, -0.25) is 4.79 Å². The normalized spacial score (nSPS) is 21.3. The number of rotatable bonds is 2. The summed E-state index contributed by atoms with van der Waals surface area (Å²) in [4.78, 5) is 23.4. The number of thiazole rings is 1. The molecule has 2 aromatic heterocycles. The summed E-state index contributed by atoms with van der Waals surface area (Å²) in [6.45, 7) is 4.62. The van der Waals surface area contributed by atoms with E-state index in [9.17, 15) is 4.79 Å². The summed E-state index contributed by atoms with van der Waals surface area (Å²) in [6.07, 6.45) is -0.217. The quantitative estimate of drug-likeness (QED) is 0.711. The van der Waals surface area contributed by atoms with E-state index in [0.717, 1.165) is 10.2 Å². The van der Waals surface area contributed by atoms with Gasteiger partial charge < -0.3 is 14.2 Å². The van der Waals surface area contributed by atoms with E-state index in [4.69, 9.17) is 9.26 Å². The standard InChI is InChI=1S/C16H16N4O3S/c1-9-14(15-18-10(2)19-23-15)20(5-6-22-9)16(21)11-3-4-13-12(7-11)17-8-24-13/h3-4,7-9,14H,5-6H2,1-2H3/t9-,14+/m1/s1. The molecule has 0 radical (unpaired) electrons. The van der Waals surface area contributed by atoms with Crippen LogP contribution >= 0.6 is 11.3 Å². The van der Waals surface area contributed by atoms with Crippen LogP contribution in [0.4, 0.5) is 0 Å². The molecule has 0 unspecified atom stereocenters. The lowest BCUT2D eigenvalue weighted by molar-refractivity contribution is -0.0600. The monoisotopic (exact) mass is 344 g/mol. The zero-order valence-electron chi connectivity index (χ0n) is 13.3. The molecule has 1 aromatic carbocycles. The van der Waals surface area contributed by atoms with Crippen molar-refractivity contribution in [1.82, 2.24) is 20.0 Å². The van der Waals surface area contributed by atoms with E-state index < -0.39 is 6.04 Å². The first kappa shape index (κ1) is 15.2. The number of hydrogen-bond donors (Lipinski definition) is 0. The van der Waals surface area contributed by atoms with Crippen molar-refractivity contribution in [3.63, 3.8) is 0 Å². The van der Waals surface area contributed by atoms with E-state index in [1.54, 1.807) is 28.7 Å². The minimum absolute atomic E-state index is 0.0825. The molecule has 124 valence electrons. The molecule has 0 aliphatic carbocycles. The Labute approximate surface area is 142 Å². The van der Waals surface area contributed by atoms with Gasteiger partial charge in [0, 0.05) is 12.1 Å². The van der Waals surface area contributed by atoms with Gasteiger partial charge >= 0.3 is 0 Å². The highest BCUT2D eigenvalue weighted by atomic mass is 32.1. The van der Waals surface area contributed by atoms with Crippen molar-refractivity contribution in [2.24, 2.45) is 0 Å². The number of amides is 1. The van der Waals surface area contributed by atoms with Gasteiger partial charge in [-0.25, -0.2) is 4.98 Å². The van der Waals surface area contributed by atoms with Gasteiger partial charge in [0.05, 0.1) is 28.4 Å². The topological polar surface area (TPSA) is 81.4 Å². The fourth-order valence-electron chi connectivity index (χ4n) is 2.97. The molecule has 1 amide bonds. The first-order valence-electron chi connectivity index (χ1n) is 7.69. The minimum atomic E-state index is -0.390. The number of fused-ring (bicyclic) bond motifs is 1. The second-order valence-corrected chi connectivity index (χ2v) is 6.62. The van der Waals surface area contributed by atoms with Crippen molar-refractivity contribution in [2.75, 3.05) is 13.2 Å². The lowest BCUT2D eigenvalue weighted by atomic mass is 10.1. The number of aromatic nitrogens is 3. The Morgan fingerprint density at radius 2 is 2.29 bits per heavy atom. The zero-order valence-corrected chi connectivity index (χ0v) is 14.1. The van der Waals surface area contributed by atoms with E-state index in [2.05, 4.69) is 15.1 Å². The number of ether oxygens (including phenoxy) is 1. The second-order valence-electron chi connectivity index (χ2n) is 5.73. The van der Waals surface area contributed by atoms with Gasteiger partial charge in [0.25, 0.3) is 11.8 Å². The number of morpholine rings is 1. The predicted octanol–water partition coefficient (Wildman–Crippen LogP) is 2.59. The van der Waals surface area contributed by atoms with E-state index in [-0.39, 0.29) is 12.0 Å². The van der Waals surface area contributed by atoms with Crippen LogP contribution in [0.25, 0.3) is 10.2 Å². The highest BCUT2D eigenvalue weighted by Gasteiger charge is 2.38. The van der Waals surface area contributed by atoms with Gasteiger partial charge in [-0.05, 0) is 32.0 Å². The Kier molecular flexibility index (Phi) is 3.78. The first-order chi connectivity index (χ1) is 11.6. The molecule has 8 heteroatoms. The lowest BCUT2D eigenvalue weighted by Gasteiger charge is -2.37. The minimum Gasteiger partial charge on any atom is -0.374 e. The van der Waals surface area contributed by atoms with Crippen LogP contribution in [0.5, 0.6) is 0 Å². The molecule has 7 nitrogen and oxygen atoms in total. The smallest absolute Gasteiger partial charge is 0.254 e. The van der Waals surface area contributed by atoms with Crippen LogP contribution in [-0.4, -0.2) is 45.2 Å². The van der Waals surface area contributed by atoms with Crippen molar-refractivity contribution in [3.05, 3.63) is 41.0 Å². The molecule has 0 bridgehead atoms. The third kappa shape index (κ3) is 2.57. The van der Waals surface area contributed by atoms with E-state index in [1.165, 1.54) is 0 Å². The van der Waals surface area contributed by atoms with Crippen LogP contribution in [0.1, 0.15) is 35.0 Å². The molecular weight excluding hydrogens is 328 g/mol. The molecule has 0 saturated carbocycles.